The first-order valence-corrected chi connectivity index (χ1v) is 31.3. The molecule has 0 saturated heterocycles. The van der Waals surface area contributed by atoms with Gasteiger partial charge >= 0.3 is 17.9 Å². The zero-order chi connectivity index (χ0) is 52.2. The number of hydrogen-bond donors (Lipinski definition) is 0. The van der Waals surface area contributed by atoms with Crippen molar-refractivity contribution in [1.29, 1.82) is 0 Å². The minimum Gasteiger partial charge on any atom is -0.462 e. The van der Waals surface area contributed by atoms with Gasteiger partial charge < -0.3 is 14.2 Å². The van der Waals surface area contributed by atoms with E-state index in [0.717, 1.165) is 89.9 Å². The van der Waals surface area contributed by atoms with Crippen LogP contribution in [-0.4, -0.2) is 37.2 Å². The molecule has 0 aromatic heterocycles. The average molecular weight is 1010 g/mol. The third kappa shape index (κ3) is 58.0. The first-order chi connectivity index (χ1) is 35.5. The topological polar surface area (TPSA) is 78.9 Å². The monoisotopic (exact) mass is 1010 g/mol. The standard InChI is InChI=1S/C66H118O6/c1-4-7-10-13-16-19-22-25-28-30-32-33-35-36-38-41-44-47-50-53-56-59-65(68)71-62-63(61-70-64(67)58-55-52-49-46-43-40-27-24-21-18-15-12-9-6-3)72-66(69)60-57-54-51-48-45-42-39-37-34-31-29-26-23-20-17-14-11-8-5-2/h17,20,24,26-27,29-30,32,34,37,63H,4-16,18-19,21-23,25,28,31,33,35-36,38-62H2,1-3H3/b20-17-,27-24-,29-26-,32-30-,37-34-. The van der Waals surface area contributed by atoms with Gasteiger partial charge in [0.05, 0.1) is 0 Å². The smallest absolute Gasteiger partial charge is 0.306 e. The summed E-state index contributed by atoms with van der Waals surface area (Å²) in [6.07, 6.45) is 76.4. The van der Waals surface area contributed by atoms with Crippen molar-refractivity contribution >= 4 is 17.9 Å². The Kier molecular flexibility index (Phi) is 58.2. The Bertz CT molecular complexity index is 1290. The summed E-state index contributed by atoms with van der Waals surface area (Å²) in [5.41, 5.74) is 0. The SMILES string of the molecule is CCCCC/C=C\C/C=C\C/C=C\CCCCCCCCC(=O)OC(COC(=O)CCCCCCC/C=C\CCCCCCC)COC(=O)CCCCCCCCCCC/C=C\CCCCCCCCCC. The van der Waals surface area contributed by atoms with Crippen LogP contribution in [0.3, 0.4) is 0 Å². The van der Waals surface area contributed by atoms with Crippen molar-refractivity contribution in [3.8, 4) is 0 Å². The van der Waals surface area contributed by atoms with Gasteiger partial charge in [0.15, 0.2) is 6.10 Å². The molecule has 0 saturated carbocycles. The van der Waals surface area contributed by atoms with Gasteiger partial charge in [-0.3, -0.25) is 14.4 Å². The molecule has 0 aliphatic rings. The molecule has 0 bridgehead atoms. The van der Waals surface area contributed by atoms with E-state index >= 15 is 0 Å². The van der Waals surface area contributed by atoms with E-state index in [0.29, 0.717) is 19.3 Å². The Morgan fingerprint density at radius 3 is 0.819 bits per heavy atom. The average Bonchev–Trinajstić information content (AvgIpc) is 3.38. The zero-order valence-electron chi connectivity index (χ0n) is 47.9. The number of carbonyl (C=O) groups excluding carboxylic acids is 3. The van der Waals surface area contributed by atoms with Crippen molar-refractivity contribution in [2.75, 3.05) is 13.2 Å². The maximum atomic E-state index is 12.9. The molecule has 0 aromatic rings. The van der Waals surface area contributed by atoms with Crippen molar-refractivity contribution < 1.29 is 28.6 Å². The lowest BCUT2D eigenvalue weighted by Crippen LogP contribution is -2.30. The molecular formula is C66H118O6. The number of rotatable bonds is 57. The van der Waals surface area contributed by atoms with Crippen LogP contribution in [0.1, 0.15) is 323 Å². The summed E-state index contributed by atoms with van der Waals surface area (Å²) < 4.78 is 16.9. The molecule has 0 heterocycles. The fourth-order valence-corrected chi connectivity index (χ4v) is 8.97. The van der Waals surface area contributed by atoms with Gasteiger partial charge in [-0.25, -0.2) is 0 Å². The maximum Gasteiger partial charge on any atom is 0.306 e. The second-order valence-electron chi connectivity index (χ2n) is 21.0. The van der Waals surface area contributed by atoms with E-state index in [9.17, 15) is 14.4 Å². The van der Waals surface area contributed by atoms with Crippen LogP contribution in [0, 0.1) is 0 Å². The summed E-state index contributed by atoms with van der Waals surface area (Å²) in [5, 5.41) is 0. The Balaban J connectivity index is 4.37. The second kappa shape index (κ2) is 60.7. The molecule has 0 radical (unpaired) electrons. The van der Waals surface area contributed by atoms with Crippen molar-refractivity contribution in [2.24, 2.45) is 0 Å². The highest BCUT2D eigenvalue weighted by Gasteiger charge is 2.19. The number of ether oxygens (including phenoxy) is 3. The molecule has 0 amide bonds. The molecule has 0 N–H and O–H groups in total. The highest BCUT2D eigenvalue weighted by molar-refractivity contribution is 5.71. The number of esters is 3. The number of carbonyl (C=O) groups is 3. The van der Waals surface area contributed by atoms with Gasteiger partial charge in [-0.15, -0.1) is 0 Å². The van der Waals surface area contributed by atoms with Gasteiger partial charge in [0.2, 0.25) is 0 Å². The molecule has 0 fully saturated rings. The largest absolute Gasteiger partial charge is 0.462 e. The van der Waals surface area contributed by atoms with Crippen LogP contribution >= 0.6 is 0 Å². The molecular weight excluding hydrogens is 889 g/mol. The van der Waals surface area contributed by atoms with E-state index < -0.39 is 6.10 Å². The Morgan fingerprint density at radius 2 is 0.500 bits per heavy atom. The van der Waals surface area contributed by atoms with Crippen molar-refractivity contribution in [1.82, 2.24) is 0 Å². The van der Waals surface area contributed by atoms with Gasteiger partial charge in [0.25, 0.3) is 0 Å². The minimum absolute atomic E-state index is 0.0819. The van der Waals surface area contributed by atoms with Crippen molar-refractivity contribution in [3.63, 3.8) is 0 Å². The summed E-state index contributed by atoms with van der Waals surface area (Å²) in [4.78, 5) is 38.3. The Morgan fingerprint density at radius 1 is 0.278 bits per heavy atom. The highest BCUT2D eigenvalue weighted by Crippen LogP contribution is 2.16. The maximum absolute atomic E-state index is 12.9. The summed E-state index contributed by atoms with van der Waals surface area (Å²) in [6.45, 7) is 6.62. The first-order valence-electron chi connectivity index (χ1n) is 31.3. The van der Waals surface area contributed by atoms with Gasteiger partial charge in [-0.2, -0.15) is 0 Å². The minimum atomic E-state index is -0.786. The molecule has 6 nitrogen and oxygen atoms in total. The van der Waals surface area contributed by atoms with Crippen LogP contribution in [0.5, 0.6) is 0 Å². The van der Waals surface area contributed by atoms with Gasteiger partial charge in [0.1, 0.15) is 13.2 Å². The molecule has 0 aliphatic heterocycles. The molecule has 418 valence electrons. The van der Waals surface area contributed by atoms with Gasteiger partial charge in [-0.1, -0.05) is 255 Å². The molecule has 0 aromatic carbocycles. The highest BCUT2D eigenvalue weighted by atomic mass is 16.6. The predicted molar refractivity (Wildman–Crippen MR) is 312 cm³/mol. The van der Waals surface area contributed by atoms with E-state index in [1.807, 2.05) is 0 Å². The molecule has 72 heavy (non-hydrogen) atoms. The van der Waals surface area contributed by atoms with Crippen LogP contribution in [0.25, 0.3) is 0 Å². The molecule has 0 aliphatic carbocycles. The third-order valence-corrected chi connectivity index (χ3v) is 13.7. The summed E-state index contributed by atoms with van der Waals surface area (Å²) >= 11 is 0. The number of unbranched alkanes of at least 4 members (excludes halogenated alkanes) is 36. The fourth-order valence-electron chi connectivity index (χ4n) is 8.97. The van der Waals surface area contributed by atoms with Crippen LogP contribution in [0.2, 0.25) is 0 Å². The Hall–Kier alpha value is -2.89. The summed E-state index contributed by atoms with van der Waals surface area (Å²) in [6, 6.07) is 0. The number of allylic oxidation sites excluding steroid dienone is 10. The lowest BCUT2D eigenvalue weighted by molar-refractivity contribution is -0.167. The van der Waals surface area contributed by atoms with Gasteiger partial charge in [-0.05, 0) is 109 Å². The molecule has 1 unspecified atom stereocenters. The van der Waals surface area contributed by atoms with Gasteiger partial charge in [0, 0.05) is 19.3 Å². The molecule has 6 heteroatoms. The lowest BCUT2D eigenvalue weighted by atomic mass is 10.1. The van der Waals surface area contributed by atoms with E-state index in [1.165, 1.54) is 193 Å². The van der Waals surface area contributed by atoms with E-state index in [-0.39, 0.29) is 31.1 Å². The normalized spacial score (nSPS) is 12.4. The summed E-state index contributed by atoms with van der Waals surface area (Å²) in [7, 11) is 0. The Labute approximate surface area is 447 Å². The van der Waals surface area contributed by atoms with Crippen molar-refractivity contribution in [2.45, 2.75) is 329 Å². The third-order valence-electron chi connectivity index (χ3n) is 13.7. The van der Waals surface area contributed by atoms with Crippen LogP contribution < -0.4 is 0 Å². The first kappa shape index (κ1) is 69.1. The van der Waals surface area contributed by atoms with Crippen LogP contribution in [0.15, 0.2) is 60.8 Å². The summed E-state index contributed by atoms with van der Waals surface area (Å²) in [5.74, 6) is -0.891. The van der Waals surface area contributed by atoms with Crippen molar-refractivity contribution in [3.05, 3.63) is 60.8 Å². The van der Waals surface area contributed by atoms with E-state index in [2.05, 4.69) is 81.5 Å². The molecule has 0 spiro atoms. The molecule has 1 atom stereocenters. The zero-order valence-corrected chi connectivity index (χ0v) is 47.9. The fraction of sp³-hybridized carbons (Fsp3) is 0.803. The lowest BCUT2D eigenvalue weighted by Gasteiger charge is -2.18. The van der Waals surface area contributed by atoms with Crippen LogP contribution in [-0.2, 0) is 28.6 Å². The van der Waals surface area contributed by atoms with E-state index in [1.54, 1.807) is 0 Å². The van der Waals surface area contributed by atoms with E-state index in [4.69, 9.17) is 14.2 Å². The second-order valence-corrected chi connectivity index (χ2v) is 21.0. The molecule has 0 rings (SSSR count). The quantitative estimate of drug-likeness (QED) is 0.0261. The van der Waals surface area contributed by atoms with Crippen LogP contribution in [0.4, 0.5) is 0 Å². The predicted octanol–water partition coefficient (Wildman–Crippen LogP) is 21.2. The number of hydrogen-bond acceptors (Lipinski definition) is 6.